The standard InChI is InChI=1S/C28H24Cl2N2O4S/c1-19-8-13-23(30)17-26(19)32(37(34,35)24-6-4-3-5-7-24)18-20-9-11-21(12-10-20)28(33)31-25-16-22(29)14-15-27(25)36-2/h3-17H,18H2,1-2H3,(H,31,33). The topological polar surface area (TPSA) is 75.7 Å². The molecule has 4 aromatic carbocycles. The van der Waals surface area contributed by atoms with E-state index in [1.165, 1.54) is 11.4 Å². The first-order valence-electron chi connectivity index (χ1n) is 11.3. The van der Waals surface area contributed by atoms with Gasteiger partial charge in [-0.1, -0.05) is 59.6 Å². The van der Waals surface area contributed by atoms with Crippen molar-refractivity contribution in [2.24, 2.45) is 0 Å². The zero-order valence-electron chi connectivity index (χ0n) is 20.1. The quantitative estimate of drug-likeness (QED) is 0.255. The molecule has 0 aliphatic rings. The summed E-state index contributed by atoms with van der Waals surface area (Å²) in [5, 5.41) is 3.68. The lowest BCUT2D eigenvalue weighted by Gasteiger charge is -2.26. The van der Waals surface area contributed by atoms with Crippen LogP contribution in [0, 0.1) is 6.92 Å². The number of benzene rings is 4. The van der Waals surface area contributed by atoms with Crippen LogP contribution in [0.3, 0.4) is 0 Å². The number of ether oxygens (including phenoxy) is 1. The summed E-state index contributed by atoms with van der Waals surface area (Å²) in [6.07, 6.45) is 0. The summed E-state index contributed by atoms with van der Waals surface area (Å²) < 4.78 is 33.9. The average molecular weight is 555 g/mol. The number of hydrogen-bond donors (Lipinski definition) is 1. The predicted molar refractivity (Wildman–Crippen MR) is 148 cm³/mol. The lowest BCUT2D eigenvalue weighted by atomic mass is 10.1. The number of carbonyl (C=O) groups is 1. The molecule has 1 amide bonds. The summed E-state index contributed by atoms with van der Waals surface area (Å²) in [5.74, 6) is 0.125. The molecule has 0 aliphatic carbocycles. The molecule has 4 rings (SSSR count). The number of rotatable bonds is 8. The van der Waals surface area contributed by atoms with Gasteiger partial charge in [0.05, 0.1) is 29.9 Å². The van der Waals surface area contributed by atoms with Gasteiger partial charge in [-0.25, -0.2) is 8.42 Å². The Balaban J connectivity index is 1.63. The minimum atomic E-state index is -3.90. The van der Waals surface area contributed by atoms with Gasteiger partial charge in [0.25, 0.3) is 15.9 Å². The average Bonchev–Trinajstić information content (AvgIpc) is 2.89. The number of amides is 1. The van der Waals surface area contributed by atoms with Crippen LogP contribution < -0.4 is 14.4 Å². The number of anilines is 2. The van der Waals surface area contributed by atoms with Gasteiger partial charge in [-0.15, -0.1) is 0 Å². The summed E-state index contributed by atoms with van der Waals surface area (Å²) in [4.78, 5) is 13.0. The second kappa shape index (κ2) is 11.3. The lowest BCUT2D eigenvalue weighted by molar-refractivity contribution is 0.102. The highest BCUT2D eigenvalue weighted by molar-refractivity contribution is 7.92. The number of methoxy groups -OCH3 is 1. The third kappa shape index (κ3) is 6.07. The first kappa shape index (κ1) is 26.5. The molecule has 0 aliphatic heterocycles. The Labute approximate surface area is 226 Å². The molecule has 0 unspecified atom stereocenters. The van der Waals surface area contributed by atoms with E-state index in [1.807, 2.05) is 6.92 Å². The van der Waals surface area contributed by atoms with Crippen LogP contribution in [0.15, 0.2) is 95.9 Å². The van der Waals surface area contributed by atoms with Gasteiger partial charge in [0, 0.05) is 15.6 Å². The summed E-state index contributed by atoms with van der Waals surface area (Å²) >= 11 is 12.3. The normalized spacial score (nSPS) is 11.1. The van der Waals surface area contributed by atoms with Crippen LogP contribution in [0.25, 0.3) is 0 Å². The van der Waals surface area contributed by atoms with Gasteiger partial charge >= 0.3 is 0 Å². The fourth-order valence-electron chi connectivity index (χ4n) is 3.77. The molecular weight excluding hydrogens is 531 g/mol. The number of nitrogens with one attached hydrogen (secondary N) is 1. The highest BCUT2D eigenvalue weighted by Gasteiger charge is 2.26. The Morgan fingerprint density at radius 1 is 0.892 bits per heavy atom. The van der Waals surface area contributed by atoms with Crippen LogP contribution in [0.1, 0.15) is 21.5 Å². The molecule has 37 heavy (non-hydrogen) atoms. The van der Waals surface area contributed by atoms with E-state index in [2.05, 4.69) is 5.32 Å². The summed E-state index contributed by atoms with van der Waals surface area (Å²) in [6.45, 7) is 1.87. The molecule has 0 spiro atoms. The second-order valence-corrected chi connectivity index (χ2v) is 11.0. The zero-order valence-corrected chi connectivity index (χ0v) is 22.4. The SMILES string of the molecule is COc1ccc(Cl)cc1NC(=O)c1ccc(CN(c2cc(Cl)ccc2C)S(=O)(=O)c2ccccc2)cc1. The summed E-state index contributed by atoms with van der Waals surface area (Å²) in [5.41, 5.74) is 2.76. The van der Waals surface area contributed by atoms with Crippen LogP contribution in [-0.2, 0) is 16.6 Å². The maximum atomic E-state index is 13.7. The Morgan fingerprint density at radius 3 is 2.22 bits per heavy atom. The van der Waals surface area contributed by atoms with E-state index in [0.29, 0.717) is 38.3 Å². The van der Waals surface area contributed by atoms with Crippen molar-refractivity contribution in [3.05, 3.63) is 118 Å². The third-order valence-corrected chi connectivity index (χ3v) is 7.97. The molecule has 4 aromatic rings. The van der Waals surface area contributed by atoms with E-state index in [1.54, 1.807) is 91.0 Å². The van der Waals surface area contributed by atoms with Crippen LogP contribution in [0.5, 0.6) is 5.75 Å². The van der Waals surface area contributed by atoms with Crippen molar-refractivity contribution in [3.8, 4) is 5.75 Å². The number of halogens is 2. The highest BCUT2D eigenvalue weighted by atomic mass is 35.5. The molecule has 9 heteroatoms. The second-order valence-electron chi connectivity index (χ2n) is 8.25. The molecule has 6 nitrogen and oxygen atoms in total. The molecule has 190 valence electrons. The lowest BCUT2D eigenvalue weighted by Crippen LogP contribution is -2.31. The van der Waals surface area contributed by atoms with E-state index in [4.69, 9.17) is 27.9 Å². The monoisotopic (exact) mass is 554 g/mol. The van der Waals surface area contributed by atoms with Crippen molar-refractivity contribution >= 4 is 50.5 Å². The molecule has 0 atom stereocenters. The summed E-state index contributed by atoms with van der Waals surface area (Å²) in [7, 11) is -2.40. The molecule has 0 saturated heterocycles. The molecule has 0 heterocycles. The molecule has 1 N–H and O–H groups in total. The number of nitrogens with zero attached hydrogens (tertiary/aromatic N) is 1. The summed E-state index contributed by atoms with van der Waals surface area (Å²) in [6, 6.07) is 25.0. The molecular formula is C28H24Cl2N2O4S. The largest absolute Gasteiger partial charge is 0.495 e. The van der Waals surface area contributed by atoms with Gasteiger partial charge in [-0.2, -0.15) is 0 Å². The first-order valence-corrected chi connectivity index (χ1v) is 13.5. The van der Waals surface area contributed by atoms with Gasteiger partial charge in [0.2, 0.25) is 0 Å². The van der Waals surface area contributed by atoms with Crippen molar-refractivity contribution in [2.45, 2.75) is 18.4 Å². The minimum Gasteiger partial charge on any atom is -0.495 e. The molecule has 0 radical (unpaired) electrons. The van der Waals surface area contributed by atoms with Gasteiger partial charge < -0.3 is 10.1 Å². The van der Waals surface area contributed by atoms with Crippen molar-refractivity contribution < 1.29 is 17.9 Å². The third-order valence-electron chi connectivity index (χ3n) is 5.72. The Morgan fingerprint density at radius 2 is 1.54 bits per heavy atom. The van der Waals surface area contributed by atoms with Crippen LogP contribution >= 0.6 is 23.2 Å². The van der Waals surface area contributed by atoms with E-state index in [0.717, 1.165) is 5.56 Å². The van der Waals surface area contributed by atoms with Crippen molar-refractivity contribution in [3.63, 3.8) is 0 Å². The van der Waals surface area contributed by atoms with E-state index >= 15 is 0 Å². The highest BCUT2D eigenvalue weighted by Crippen LogP contribution is 2.32. The Bertz CT molecular complexity index is 1530. The van der Waals surface area contributed by atoms with Gasteiger partial charge in [0.1, 0.15) is 5.75 Å². The van der Waals surface area contributed by atoms with Gasteiger partial charge in [-0.05, 0) is 72.6 Å². The Kier molecular flexibility index (Phi) is 8.07. The fraction of sp³-hybridized carbons (Fsp3) is 0.107. The first-order chi connectivity index (χ1) is 17.7. The van der Waals surface area contributed by atoms with E-state index in [-0.39, 0.29) is 17.3 Å². The zero-order chi connectivity index (χ0) is 26.6. The Hall–Kier alpha value is -3.52. The number of sulfonamides is 1. The smallest absolute Gasteiger partial charge is 0.264 e. The van der Waals surface area contributed by atoms with Gasteiger partial charge in [-0.3, -0.25) is 9.10 Å². The molecule has 0 bridgehead atoms. The predicted octanol–water partition coefficient (Wildman–Crippen LogP) is 6.96. The minimum absolute atomic E-state index is 0.0441. The van der Waals surface area contributed by atoms with Crippen LogP contribution in [-0.4, -0.2) is 21.4 Å². The van der Waals surface area contributed by atoms with Crippen molar-refractivity contribution in [1.82, 2.24) is 0 Å². The number of aryl methyl sites for hydroxylation is 1. The fourth-order valence-corrected chi connectivity index (χ4v) is 5.64. The maximum Gasteiger partial charge on any atom is 0.264 e. The number of carbonyl (C=O) groups excluding carboxylic acids is 1. The number of hydrogen-bond acceptors (Lipinski definition) is 4. The van der Waals surface area contributed by atoms with E-state index in [9.17, 15) is 13.2 Å². The van der Waals surface area contributed by atoms with Crippen molar-refractivity contribution in [2.75, 3.05) is 16.7 Å². The maximum absolute atomic E-state index is 13.7. The molecule has 0 saturated carbocycles. The molecule has 0 fully saturated rings. The molecule has 0 aromatic heterocycles. The van der Waals surface area contributed by atoms with Crippen LogP contribution in [0.4, 0.5) is 11.4 Å². The van der Waals surface area contributed by atoms with E-state index < -0.39 is 10.0 Å². The van der Waals surface area contributed by atoms with Crippen molar-refractivity contribution in [1.29, 1.82) is 0 Å². The van der Waals surface area contributed by atoms with Gasteiger partial charge in [0.15, 0.2) is 0 Å². The van der Waals surface area contributed by atoms with Crippen LogP contribution in [0.2, 0.25) is 10.0 Å².